The highest BCUT2D eigenvalue weighted by Gasteiger charge is 2.27. The van der Waals surface area contributed by atoms with Crippen LogP contribution in [0.25, 0.3) is 5.65 Å². The second-order valence-corrected chi connectivity index (χ2v) is 5.44. The van der Waals surface area contributed by atoms with E-state index >= 15 is 0 Å². The third kappa shape index (κ3) is 2.86. The molecule has 0 unspecified atom stereocenters. The predicted octanol–water partition coefficient (Wildman–Crippen LogP) is 2.53. The molecule has 8 nitrogen and oxygen atoms in total. The summed E-state index contributed by atoms with van der Waals surface area (Å²) in [5, 5.41) is 14.7. The number of hydrogen-bond acceptors (Lipinski definition) is 5. The van der Waals surface area contributed by atoms with Crippen molar-refractivity contribution in [2.45, 2.75) is 6.04 Å². The van der Waals surface area contributed by atoms with Gasteiger partial charge in [-0.3, -0.25) is 4.79 Å². The SMILES string of the molecule is NC(=O)[C@H](Nc1nc2ccccn2c1[N+](=O)[O-])c1ccc(Cl)cc1. The van der Waals surface area contributed by atoms with Crippen LogP contribution in [0.3, 0.4) is 0 Å². The normalized spacial score (nSPS) is 12.0. The van der Waals surface area contributed by atoms with Crippen LogP contribution >= 0.6 is 11.6 Å². The zero-order valence-electron chi connectivity index (χ0n) is 12.2. The predicted molar refractivity (Wildman–Crippen MR) is 88.9 cm³/mol. The van der Waals surface area contributed by atoms with Crippen molar-refractivity contribution in [3.8, 4) is 0 Å². The van der Waals surface area contributed by atoms with E-state index < -0.39 is 16.9 Å². The minimum atomic E-state index is -0.981. The van der Waals surface area contributed by atoms with Crippen molar-refractivity contribution < 1.29 is 9.72 Å². The van der Waals surface area contributed by atoms with Gasteiger partial charge in [0.1, 0.15) is 6.04 Å². The van der Waals surface area contributed by atoms with Crippen LogP contribution in [0.2, 0.25) is 5.02 Å². The largest absolute Gasteiger partial charge is 0.372 e. The van der Waals surface area contributed by atoms with Gasteiger partial charge in [-0.25, -0.2) is 0 Å². The molecule has 3 aromatic rings. The maximum atomic E-state index is 11.8. The Balaban J connectivity index is 2.06. The first-order chi connectivity index (χ1) is 11.5. The summed E-state index contributed by atoms with van der Waals surface area (Å²) in [5.41, 5.74) is 6.34. The summed E-state index contributed by atoms with van der Waals surface area (Å²) in [5.74, 6) is -1.00. The Morgan fingerprint density at radius 3 is 2.62 bits per heavy atom. The molecule has 0 aliphatic carbocycles. The first-order valence-electron chi connectivity index (χ1n) is 6.90. The highest BCUT2D eigenvalue weighted by Crippen LogP contribution is 2.29. The minimum absolute atomic E-state index is 0.0371. The number of anilines is 1. The molecule has 3 rings (SSSR count). The number of nitrogens with one attached hydrogen (secondary N) is 1. The fraction of sp³-hybridized carbons (Fsp3) is 0.0667. The number of nitrogens with two attached hydrogens (primary N) is 1. The number of pyridine rings is 1. The molecule has 0 fully saturated rings. The number of nitro groups is 1. The first-order valence-corrected chi connectivity index (χ1v) is 7.28. The molecule has 2 heterocycles. The van der Waals surface area contributed by atoms with Crippen LogP contribution in [0.4, 0.5) is 11.6 Å². The van der Waals surface area contributed by atoms with Gasteiger partial charge in [0, 0.05) is 11.1 Å². The lowest BCUT2D eigenvalue weighted by atomic mass is 10.1. The zero-order valence-corrected chi connectivity index (χ0v) is 13.0. The summed E-state index contributed by atoms with van der Waals surface area (Å²) in [6.45, 7) is 0. The maximum absolute atomic E-state index is 11.8. The molecule has 0 aliphatic heterocycles. The molecule has 9 heteroatoms. The van der Waals surface area contributed by atoms with Crippen molar-refractivity contribution in [1.29, 1.82) is 0 Å². The summed E-state index contributed by atoms with van der Waals surface area (Å²) in [7, 11) is 0. The molecule has 0 bridgehead atoms. The van der Waals surface area contributed by atoms with E-state index in [-0.39, 0.29) is 11.6 Å². The van der Waals surface area contributed by atoms with Gasteiger partial charge < -0.3 is 21.2 Å². The van der Waals surface area contributed by atoms with Crippen LogP contribution in [0.1, 0.15) is 11.6 Å². The van der Waals surface area contributed by atoms with E-state index in [4.69, 9.17) is 17.3 Å². The second-order valence-electron chi connectivity index (χ2n) is 5.00. The van der Waals surface area contributed by atoms with Crippen molar-refractivity contribution in [2.24, 2.45) is 5.73 Å². The summed E-state index contributed by atoms with van der Waals surface area (Å²) in [4.78, 5) is 26.8. The quantitative estimate of drug-likeness (QED) is 0.544. The number of halogens is 1. The third-order valence-electron chi connectivity index (χ3n) is 3.45. The molecular weight excluding hydrogens is 334 g/mol. The van der Waals surface area contributed by atoms with Crippen molar-refractivity contribution in [1.82, 2.24) is 9.38 Å². The van der Waals surface area contributed by atoms with E-state index in [9.17, 15) is 14.9 Å². The van der Waals surface area contributed by atoms with Crippen LogP contribution in [0.15, 0.2) is 48.7 Å². The molecule has 0 saturated carbocycles. The summed E-state index contributed by atoms with van der Waals surface area (Å²) in [6.07, 6.45) is 1.52. The van der Waals surface area contributed by atoms with E-state index in [1.54, 1.807) is 42.5 Å². The Labute approximate surface area is 141 Å². The molecule has 24 heavy (non-hydrogen) atoms. The van der Waals surface area contributed by atoms with Crippen molar-refractivity contribution in [3.63, 3.8) is 0 Å². The van der Waals surface area contributed by atoms with E-state index in [1.165, 1.54) is 10.6 Å². The van der Waals surface area contributed by atoms with Gasteiger partial charge in [0.2, 0.25) is 17.4 Å². The van der Waals surface area contributed by atoms with Crippen LogP contribution in [0.5, 0.6) is 0 Å². The lowest BCUT2D eigenvalue weighted by Crippen LogP contribution is -2.28. The standard InChI is InChI=1S/C15H12ClN5O3/c16-10-6-4-9(5-7-10)12(13(17)22)19-14-15(21(23)24)20-8-2-1-3-11(20)18-14/h1-8,12,19H,(H2,17,22)/t12-/m1/s1. The van der Waals surface area contributed by atoms with Crippen LogP contribution in [-0.4, -0.2) is 20.2 Å². The zero-order chi connectivity index (χ0) is 17.3. The van der Waals surface area contributed by atoms with Crippen LogP contribution in [0, 0.1) is 10.1 Å². The highest BCUT2D eigenvalue weighted by atomic mass is 35.5. The van der Waals surface area contributed by atoms with E-state index in [2.05, 4.69) is 10.3 Å². The average Bonchev–Trinajstić information content (AvgIpc) is 2.91. The van der Waals surface area contributed by atoms with Gasteiger partial charge >= 0.3 is 5.82 Å². The number of primary amides is 1. The molecule has 0 spiro atoms. The molecule has 1 aromatic carbocycles. The molecule has 1 amide bonds. The third-order valence-corrected chi connectivity index (χ3v) is 3.70. The molecule has 0 saturated heterocycles. The smallest absolute Gasteiger partial charge is 0.368 e. The van der Waals surface area contributed by atoms with Gasteiger partial charge in [-0.2, -0.15) is 9.38 Å². The number of carbonyl (C=O) groups is 1. The Morgan fingerprint density at radius 1 is 1.29 bits per heavy atom. The van der Waals surface area contributed by atoms with Gasteiger partial charge in [0.25, 0.3) is 0 Å². The van der Waals surface area contributed by atoms with E-state index in [1.807, 2.05) is 0 Å². The number of rotatable bonds is 5. The fourth-order valence-electron chi connectivity index (χ4n) is 2.36. The van der Waals surface area contributed by atoms with E-state index in [0.29, 0.717) is 16.2 Å². The minimum Gasteiger partial charge on any atom is -0.368 e. The number of benzene rings is 1. The molecular formula is C15H12ClN5O3. The number of nitrogens with zero attached hydrogens (tertiary/aromatic N) is 3. The Morgan fingerprint density at radius 2 is 2.00 bits per heavy atom. The molecule has 122 valence electrons. The van der Waals surface area contributed by atoms with Crippen LogP contribution in [-0.2, 0) is 4.79 Å². The van der Waals surface area contributed by atoms with Gasteiger partial charge in [0.15, 0.2) is 0 Å². The van der Waals surface area contributed by atoms with Gasteiger partial charge in [-0.05, 0) is 28.7 Å². The lowest BCUT2D eigenvalue weighted by Gasteiger charge is -2.15. The van der Waals surface area contributed by atoms with Crippen molar-refractivity contribution in [3.05, 3.63) is 69.4 Å². The topological polar surface area (TPSA) is 116 Å². The first kappa shape index (κ1) is 15.8. The van der Waals surface area contributed by atoms with Gasteiger partial charge in [0.05, 0.1) is 6.20 Å². The molecule has 2 aromatic heterocycles. The Bertz CT molecular complexity index is 923. The fourth-order valence-corrected chi connectivity index (χ4v) is 2.49. The Kier molecular flexibility index (Phi) is 4.05. The second kappa shape index (κ2) is 6.17. The number of hydrogen-bond donors (Lipinski definition) is 2. The number of carbonyl (C=O) groups excluding carboxylic acids is 1. The van der Waals surface area contributed by atoms with E-state index in [0.717, 1.165) is 0 Å². The average molecular weight is 346 g/mol. The van der Waals surface area contributed by atoms with Crippen molar-refractivity contribution >= 4 is 34.8 Å². The summed E-state index contributed by atoms with van der Waals surface area (Å²) >= 11 is 5.83. The van der Waals surface area contributed by atoms with Crippen molar-refractivity contribution in [2.75, 3.05) is 5.32 Å². The molecule has 1 atom stereocenters. The molecule has 0 radical (unpaired) electrons. The van der Waals surface area contributed by atoms with Gasteiger partial charge in [-0.15, -0.1) is 0 Å². The number of aromatic nitrogens is 2. The maximum Gasteiger partial charge on any atom is 0.372 e. The molecule has 3 N–H and O–H groups in total. The molecule has 0 aliphatic rings. The Hall–Kier alpha value is -3.13. The highest BCUT2D eigenvalue weighted by molar-refractivity contribution is 6.30. The summed E-state index contributed by atoms with van der Waals surface area (Å²) in [6, 6.07) is 10.4. The monoisotopic (exact) mass is 345 g/mol. The summed E-state index contributed by atoms with van der Waals surface area (Å²) < 4.78 is 1.32. The number of fused-ring (bicyclic) bond motifs is 1. The van der Waals surface area contributed by atoms with Crippen LogP contribution < -0.4 is 11.1 Å². The number of amides is 1. The number of imidazole rings is 1. The van der Waals surface area contributed by atoms with Gasteiger partial charge in [-0.1, -0.05) is 29.8 Å². The lowest BCUT2D eigenvalue weighted by molar-refractivity contribution is -0.389.